The number of para-hydroxylation sites is 2. The van der Waals surface area contributed by atoms with E-state index in [0.29, 0.717) is 29.7 Å². The number of ether oxygens (including phenoxy) is 1. The van der Waals surface area contributed by atoms with Gasteiger partial charge in [0.05, 0.1) is 23.6 Å². The number of halogens is 1. The third-order valence-corrected chi connectivity index (χ3v) is 4.85. The number of unbranched alkanes of at least 4 members (excludes halogenated alkanes) is 1. The highest BCUT2D eigenvalue weighted by Gasteiger charge is 2.25. The number of anilines is 2. The van der Waals surface area contributed by atoms with Gasteiger partial charge in [-0.1, -0.05) is 37.1 Å². The standard InChI is InChI=1S/C20H23ClN4O3/c1-3-4-11-25-19(21)15(14(2)23-25)9-10-18(26)22-16-7-5-6-8-17(16)24-12-13-28-20(24)27/h5-10H,3-4,11-13H2,1-2H3,(H,22,26)/b10-9+. The number of hydrogen-bond donors (Lipinski definition) is 1. The molecule has 1 aromatic heterocycles. The van der Waals surface area contributed by atoms with Gasteiger partial charge < -0.3 is 10.1 Å². The minimum atomic E-state index is -0.417. The number of cyclic esters (lactones) is 1. The molecule has 1 N–H and O–H groups in total. The molecule has 1 fully saturated rings. The van der Waals surface area contributed by atoms with Gasteiger partial charge in [0.1, 0.15) is 11.8 Å². The van der Waals surface area contributed by atoms with Gasteiger partial charge in [-0.3, -0.25) is 14.4 Å². The van der Waals surface area contributed by atoms with Gasteiger partial charge in [-0.15, -0.1) is 0 Å². The second kappa shape index (κ2) is 8.93. The molecular weight excluding hydrogens is 380 g/mol. The molecule has 1 saturated heterocycles. The van der Waals surface area contributed by atoms with Gasteiger partial charge in [0.15, 0.2) is 0 Å². The number of amides is 2. The summed E-state index contributed by atoms with van der Waals surface area (Å²) in [4.78, 5) is 25.8. The van der Waals surface area contributed by atoms with E-state index in [2.05, 4.69) is 17.3 Å². The summed E-state index contributed by atoms with van der Waals surface area (Å²) in [5.41, 5.74) is 2.64. The van der Waals surface area contributed by atoms with E-state index in [9.17, 15) is 9.59 Å². The molecule has 8 heteroatoms. The Balaban J connectivity index is 1.73. The maximum absolute atomic E-state index is 12.4. The van der Waals surface area contributed by atoms with Crippen LogP contribution in [0.5, 0.6) is 0 Å². The molecule has 1 aromatic carbocycles. The molecule has 0 radical (unpaired) electrons. The summed E-state index contributed by atoms with van der Waals surface area (Å²) in [6.45, 7) is 5.50. The predicted molar refractivity (Wildman–Crippen MR) is 110 cm³/mol. The van der Waals surface area contributed by atoms with Gasteiger partial charge in [-0.05, 0) is 31.6 Å². The van der Waals surface area contributed by atoms with Gasteiger partial charge in [-0.25, -0.2) is 4.79 Å². The van der Waals surface area contributed by atoms with Crippen LogP contribution < -0.4 is 10.2 Å². The normalized spacial score (nSPS) is 14.0. The van der Waals surface area contributed by atoms with Gasteiger partial charge in [0.2, 0.25) is 5.91 Å². The second-order valence-corrected chi connectivity index (χ2v) is 6.83. The van der Waals surface area contributed by atoms with Gasteiger partial charge in [0, 0.05) is 18.2 Å². The molecule has 1 aliphatic heterocycles. The summed E-state index contributed by atoms with van der Waals surface area (Å²) in [7, 11) is 0. The molecule has 0 atom stereocenters. The number of rotatable bonds is 7. The number of nitrogens with one attached hydrogen (secondary N) is 1. The first-order chi connectivity index (χ1) is 13.5. The molecule has 0 spiro atoms. The van der Waals surface area contributed by atoms with E-state index >= 15 is 0 Å². The summed E-state index contributed by atoms with van der Waals surface area (Å²) in [6, 6.07) is 7.11. The summed E-state index contributed by atoms with van der Waals surface area (Å²) >= 11 is 6.40. The molecule has 1 aliphatic rings. The first-order valence-corrected chi connectivity index (χ1v) is 9.64. The Morgan fingerprint density at radius 3 is 2.89 bits per heavy atom. The molecule has 2 heterocycles. The van der Waals surface area contributed by atoms with Crippen molar-refractivity contribution < 1.29 is 14.3 Å². The van der Waals surface area contributed by atoms with Crippen LogP contribution in [0.4, 0.5) is 16.2 Å². The highest BCUT2D eigenvalue weighted by molar-refractivity contribution is 6.31. The van der Waals surface area contributed by atoms with Crippen molar-refractivity contribution in [1.82, 2.24) is 9.78 Å². The molecule has 0 saturated carbocycles. The van der Waals surface area contributed by atoms with Crippen molar-refractivity contribution in [1.29, 1.82) is 0 Å². The van der Waals surface area contributed by atoms with Crippen LogP contribution in [0.3, 0.4) is 0 Å². The van der Waals surface area contributed by atoms with Crippen LogP contribution >= 0.6 is 11.6 Å². The predicted octanol–water partition coefficient (Wildman–Crippen LogP) is 4.25. The Kier molecular flexibility index (Phi) is 6.36. The molecule has 0 unspecified atom stereocenters. The van der Waals surface area contributed by atoms with E-state index in [0.717, 1.165) is 30.6 Å². The summed E-state index contributed by atoms with van der Waals surface area (Å²) < 4.78 is 6.73. The molecule has 2 aromatic rings. The zero-order chi connectivity index (χ0) is 20.1. The van der Waals surface area contributed by atoms with E-state index in [4.69, 9.17) is 16.3 Å². The number of aromatic nitrogens is 2. The lowest BCUT2D eigenvalue weighted by molar-refractivity contribution is -0.111. The number of hydrogen-bond acceptors (Lipinski definition) is 4. The number of benzene rings is 1. The lowest BCUT2D eigenvalue weighted by Gasteiger charge is -2.17. The first-order valence-electron chi connectivity index (χ1n) is 9.26. The van der Waals surface area contributed by atoms with Crippen molar-refractivity contribution in [2.24, 2.45) is 0 Å². The highest BCUT2D eigenvalue weighted by Crippen LogP contribution is 2.28. The number of carbonyl (C=O) groups excluding carboxylic acids is 2. The monoisotopic (exact) mass is 402 g/mol. The molecule has 148 valence electrons. The molecule has 3 rings (SSSR count). The number of carbonyl (C=O) groups is 2. The molecule has 2 amide bonds. The quantitative estimate of drug-likeness (QED) is 0.702. The average Bonchev–Trinajstić information content (AvgIpc) is 3.22. The molecule has 28 heavy (non-hydrogen) atoms. The molecular formula is C20H23ClN4O3. The van der Waals surface area contributed by atoms with E-state index in [1.54, 1.807) is 35.0 Å². The lowest BCUT2D eigenvalue weighted by Crippen LogP contribution is -2.25. The van der Waals surface area contributed by atoms with Crippen molar-refractivity contribution in [3.63, 3.8) is 0 Å². The molecule has 7 nitrogen and oxygen atoms in total. The van der Waals surface area contributed by atoms with Crippen molar-refractivity contribution in [3.05, 3.63) is 46.8 Å². The van der Waals surface area contributed by atoms with E-state index in [1.807, 2.05) is 6.92 Å². The van der Waals surface area contributed by atoms with Gasteiger partial charge >= 0.3 is 6.09 Å². The maximum atomic E-state index is 12.4. The number of nitrogens with zero attached hydrogens (tertiary/aromatic N) is 3. The summed E-state index contributed by atoms with van der Waals surface area (Å²) in [5.74, 6) is -0.322. The number of aryl methyl sites for hydroxylation is 2. The van der Waals surface area contributed by atoms with Gasteiger partial charge in [0.25, 0.3) is 0 Å². The first kappa shape index (κ1) is 19.9. The highest BCUT2D eigenvalue weighted by atomic mass is 35.5. The fraction of sp³-hybridized carbons (Fsp3) is 0.350. The Morgan fingerprint density at radius 2 is 2.18 bits per heavy atom. The fourth-order valence-corrected chi connectivity index (χ4v) is 3.29. The van der Waals surface area contributed by atoms with Crippen LogP contribution in [-0.2, 0) is 16.1 Å². The minimum Gasteiger partial charge on any atom is -0.447 e. The Hall–Kier alpha value is -2.80. The second-order valence-electron chi connectivity index (χ2n) is 6.47. The van der Waals surface area contributed by atoms with E-state index in [-0.39, 0.29) is 5.91 Å². The Labute approximate surface area is 168 Å². The van der Waals surface area contributed by atoms with Crippen LogP contribution in [-0.4, -0.2) is 34.9 Å². The molecule has 0 aliphatic carbocycles. The smallest absolute Gasteiger partial charge is 0.414 e. The van der Waals surface area contributed by atoms with Crippen LogP contribution in [0.2, 0.25) is 5.15 Å². The van der Waals surface area contributed by atoms with Crippen LogP contribution in [0.25, 0.3) is 6.08 Å². The Morgan fingerprint density at radius 1 is 1.39 bits per heavy atom. The maximum Gasteiger partial charge on any atom is 0.414 e. The van der Waals surface area contributed by atoms with Crippen molar-refractivity contribution >= 4 is 41.1 Å². The van der Waals surface area contributed by atoms with E-state index < -0.39 is 6.09 Å². The average molecular weight is 403 g/mol. The fourth-order valence-electron chi connectivity index (χ4n) is 2.97. The molecule has 0 bridgehead atoms. The third kappa shape index (κ3) is 4.36. The van der Waals surface area contributed by atoms with Gasteiger partial charge in [-0.2, -0.15) is 5.10 Å². The summed E-state index contributed by atoms with van der Waals surface area (Å²) in [6.07, 6.45) is 4.69. The van der Waals surface area contributed by atoms with Crippen molar-refractivity contribution in [2.75, 3.05) is 23.4 Å². The topological polar surface area (TPSA) is 76.5 Å². The van der Waals surface area contributed by atoms with Crippen LogP contribution in [0.15, 0.2) is 30.3 Å². The van der Waals surface area contributed by atoms with Crippen molar-refractivity contribution in [3.8, 4) is 0 Å². The largest absolute Gasteiger partial charge is 0.447 e. The van der Waals surface area contributed by atoms with E-state index in [1.165, 1.54) is 11.0 Å². The van der Waals surface area contributed by atoms with Crippen LogP contribution in [0, 0.1) is 6.92 Å². The van der Waals surface area contributed by atoms with Crippen molar-refractivity contribution in [2.45, 2.75) is 33.2 Å². The lowest BCUT2D eigenvalue weighted by atomic mass is 10.2. The zero-order valence-corrected chi connectivity index (χ0v) is 16.7. The third-order valence-electron chi connectivity index (χ3n) is 4.45. The summed E-state index contributed by atoms with van der Waals surface area (Å²) in [5, 5.41) is 7.76. The van der Waals surface area contributed by atoms with Crippen LogP contribution in [0.1, 0.15) is 31.0 Å². The Bertz CT molecular complexity index is 907. The minimum absolute atomic E-state index is 0.322. The zero-order valence-electron chi connectivity index (χ0n) is 15.9. The SMILES string of the molecule is CCCCn1nc(C)c(/C=C/C(=O)Nc2ccccc2N2CCOC2=O)c1Cl.